The van der Waals surface area contributed by atoms with Crippen LogP contribution in [0.3, 0.4) is 0 Å². The van der Waals surface area contributed by atoms with Crippen LogP contribution in [0.5, 0.6) is 0 Å². The van der Waals surface area contributed by atoms with Crippen LogP contribution in [-0.4, -0.2) is 69.3 Å². The third-order valence-electron chi connectivity index (χ3n) is 3.68. The molecule has 0 saturated carbocycles. The minimum absolute atomic E-state index is 0.110. The van der Waals surface area contributed by atoms with Crippen LogP contribution >= 0.6 is 0 Å². The van der Waals surface area contributed by atoms with Crippen LogP contribution in [0.15, 0.2) is 12.4 Å². The van der Waals surface area contributed by atoms with Gasteiger partial charge in [0.15, 0.2) is 0 Å². The van der Waals surface area contributed by atoms with Gasteiger partial charge in [0.25, 0.3) is 0 Å². The van der Waals surface area contributed by atoms with E-state index in [2.05, 4.69) is 5.10 Å². The summed E-state index contributed by atoms with van der Waals surface area (Å²) in [5, 5.41) is 12.7. The van der Waals surface area contributed by atoms with Gasteiger partial charge in [0.05, 0.1) is 12.6 Å². The maximum absolute atomic E-state index is 12.3. The van der Waals surface area contributed by atoms with Crippen molar-refractivity contribution in [3.63, 3.8) is 0 Å². The maximum atomic E-state index is 12.3. The molecule has 1 fully saturated rings. The molecule has 21 heavy (non-hydrogen) atoms. The van der Waals surface area contributed by atoms with Gasteiger partial charge < -0.3 is 15.7 Å². The first-order valence-corrected chi connectivity index (χ1v) is 6.94. The Labute approximate surface area is 123 Å². The van der Waals surface area contributed by atoms with Gasteiger partial charge in [0, 0.05) is 51.5 Å². The Morgan fingerprint density at radius 3 is 2.57 bits per heavy atom. The van der Waals surface area contributed by atoms with Crippen molar-refractivity contribution >= 4 is 11.9 Å². The van der Waals surface area contributed by atoms with Crippen molar-refractivity contribution in [2.75, 3.05) is 32.7 Å². The first-order chi connectivity index (χ1) is 9.97. The van der Waals surface area contributed by atoms with Crippen LogP contribution in [0.2, 0.25) is 0 Å². The van der Waals surface area contributed by atoms with Gasteiger partial charge >= 0.3 is 5.97 Å². The zero-order valence-electron chi connectivity index (χ0n) is 12.1. The number of amides is 1. The molecule has 8 heteroatoms. The van der Waals surface area contributed by atoms with Gasteiger partial charge in [-0.2, -0.15) is 5.10 Å². The SMILES string of the molecule is Cn1cc(C(N)C(=O)N2CCN(CCC(=O)O)CC2)cn1. The minimum Gasteiger partial charge on any atom is -0.481 e. The zero-order chi connectivity index (χ0) is 15.4. The summed E-state index contributed by atoms with van der Waals surface area (Å²) in [4.78, 5) is 26.7. The first kappa shape index (κ1) is 15.5. The van der Waals surface area contributed by atoms with Crippen LogP contribution < -0.4 is 5.73 Å². The number of nitrogens with two attached hydrogens (primary N) is 1. The molecule has 1 aromatic heterocycles. The molecule has 1 aliphatic heterocycles. The molecule has 1 atom stereocenters. The van der Waals surface area contributed by atoms with E-state index in [9.17, 15) is 9.59 Å². The van der Waals surface area contributed by atoms with E-state index in [4.69, 9.17) is 10.8 Å². The molecule has 0 radical (unpaired) electrons. The van der Waals surface area contributed by atoms with Crippen molar-refractivity contribution < 1.29 is 14.7 Å². The van der Waals surface area contributed by atoms with E-state index in [1.54, 1.807) is 29.0 Å². The van der Waals surface area contributed by atoms with Gasteiger partial charge in [-0.15, -0.1) is 0 Å². The van der Waals surface area contributed by atoms with Crippen molar-refractivity contribution in [2.45, 2.75) is 12.5 Å². The molecule has 116 valence electrons. The number of carboxylic acid groups (broad SMARTS) is 1. The number of carboxylic acids is 1. The normalized spacial score (nSPS) is 17.7. The number of nitrogens with zero attached hydrogens (tertiary/aromatic N) is 4. The minimum atomic E-state index is -0.799. The largest absolute Gasteiger partial charge is 0.481 e. The third kappa shape index (κ3) is 4.02. The molecular formula is C13H21N5O3. The summed E-state index contributed by atoms with van der Waals surface area (Å²) in [6, 6.07) is -0.690. The lowest BCUT2D eigenvalue weighted by Crippen LogP contribution is -2.51. The van der Waals surface area contributed by atoms with Crippen LogP contribution in [-0.2, 0) is 16.6 Å². The van der Waals surface area contributed by atoms with E-state index < -0.39 is 12.0 Å². The second kappa shape index (κ2) is 6.68. The molecule has 2 heterocycles. The van der Waals surface area contributed by atoms with Crippen LogP contribution in [0.4, 0.5) is 0 Å². The molecule has 1 amide bonds. The Kier molecular flexibility index (Phi) is 4.92. The number of aromatic nitrogens is 2. The van der Waals surface area contributed by atoms with Crippen LogP contribution in [0.25, 0.3) is 0 Å². The predicted octanol–water partition coefficient (Wildman–Crippen LogP) is -0.961. The Balaban J connectivity index is 1.84. The number of carbonyl (C=O) groups is 2. The number of aliphatic carboxylic acids is 1. The molecule has 1 unspecified atom stereocenters. The zero-order valence-corrected chi connectivity index (χ0v) is 12.1. The van der Waals surface area contributed by atoms with E-state index in [0.29, 0.717) is 38.3 Å². The Bertz CT molecular complexity index is 508. The van der Waals surface area contributed by atoms with Gasteiger partial charge in [-0.1, -0.05) is 0 Å². The highest BCUT2D eigenvalue weighted by atomic mass is 16.4. The summed E-state index contributed by atoms with van der Waals surface area (Å²) in [6.45, 7) is 3.03. The van der Waals surface area contributed by atoms with Crippen molar-refractivity contribution in [1.82, 2.24) is 19.6 Å². The fourth-order valence-corrected chi connectivity index (χ4v) is 2.39. The molecule has 0 aromatic carbocycles. The Morgan fingerprint density at radius 2 is 2.05 bits per heavy atom. The molecule has 8 nitrogen and oxygen atoms in total. The number of hydrogen-bond donors (Lipinski definition) is 2. The quantitative estimate of drug-likeness (QED) is 0.725. The van der Waals surface area contributed by atoms with E-state index in [1.165, 1.54) is 0 Å². The number of piperazine rings is 1. The molecule has 0 bridgehead atoms. The highest BCUT2D eigenvalue weighted by molar-refractivity contribution is 5.83. The fourth-order valence-electron chi connectivity index (χ4n) is 2.39. The molecule has 3 N–H and O–H groups in total. The van der Waals surface area contributed by atoms with E-state index in [0.717, 1.165) is 0 Å². The van der Waals surface area contributed by atoms with Crippen molar-refractivity contribution in [3.8, 4) is 0 Å². The molecule has 1 saturated heterocycles. The van der Waals surface area contributed by atoms with E-state index >= 15 is 0 Å². The molecule has 2 rings (SSSR count). The van der Waals surface area contributed by atoms with Gasteiger partial charge in [-0.25, -0.2) is 0 Å². The second-order valence-corrected chi connectivity index (χ2v) is 5.24. The predicted molar refractivity (Wildman–Crippen MR) is 75.4 cm³/mol. The average Bonchev–Trinajstić information content (AvgIpc) is 2.90. The highest BCUT2D eigenvalue weighted by Gasteiger charge is 2.26. The number of rotatable bonds is 5. The van der Waals surface area contributed by atoms with Gasteiger partial charge in [-0.3, -0.25) is 19.2 Å². The molecule has 0 spiro atoms. The topological polar surface area (TPSA) is 105 Å². The Morgan fingerprint density at radius 1 is 1.38 bits per heavy atom. The van der Waals surface area contributed by atoms with Gasteiger partial charge in [-0.05, 0) is 0 Å². The average molecular weight is 295 g/mol. The summed E-state index contributed by atoms with van der Waals surface area (Å²) in [5.41, 5.74) is 6.68. The molecular weight excluding hydrogens is 274 g/mol. The van der Waals surface area contributed by atoms with Gasteiger partial charge in [0.2, 0.25) is 5.91 Å². The number of carbonyl (C=O) groups excluding carboxylic acids is 1. The smallest absolute Gasteiger partial charge is 0.304 e. The standard InChI is InChI=1S/C13H21N5O3/c1-16-9-10(8-15-16)12(14)13(21)18-6-4-17(5-7-18)3-2-11(19)20/h8-9,12H,2-7,14H2,1H3,(H,19,20). The van der Waals surface area contributed by atoms with E-state index in [-0.39, 0.29) is 12.3 Å². The molecule has 0 aliphatic carbocycles. The third-order valence-corrected chi connectivity index (χ3v) is 3.68. The lowest BCUT2D eigenvalue weighted by molar-refractivity contribution is -0.138. The summed E-state index contributed by atoms with van der Waals surface area (Å²) >= 11 is 0. The van der Waals surface area contributed by atoms with Crippen molar-refractivity contribution in [3.05, 3.63) is 18.0 Å². The monoisotopic (exact) mass is 295 g/mol. The molecule has 1 aromatic rings. The fraction of sp³-hybridized carbons (Fsp3) is 0.615. The summed E-state index contributed by atoms with van der Waals surface area (Å²) in [5.74, 6) is -0.909. The molecule has 1 aliphatic rings. The van der Waals surface area contributed by atoms with Crippen molar-refractivity contribution in [1.29, 1.82) is 0 Å². The Hall–Kier alpha value is -1.93. The maximum Gasteiger partial charge on any atom is 0.304 e. The van der Waals surface area contributed by atoms with Gasteiger partial charge in [0.1, 0.15) is 6.04 Å². The first-order valence-electron chi connectivity index (χ1n) is 6.94. The lowest BCUT2D eigenvalue weighted by atomic mass is 10.1. The summed E-state index contributed by atoms with van der Waals surface area (Å²) in [6.07, 6.45) is 3.47. The van der Waals surface area contributed by atoms with E-state index in [1.807, 2.05) is 4.90 Å². The second-order valence-electron chi connectivity index (χ2n) is 5.24. The summed E-state index contributed by atoms with van der Waals surface area (Å²) in [7, 11) is 1.78. The van der Waals surface area contributed by atoms with Crippen molar-refractivity contribution in [2.24, 2.45) is 12.8 Å². The summed E-state index contributed by atoms with van der Waals surface area (Å²) < 4.78 is 1.62. The number of hydrogen-bond acceptors (Lipinski definition) is 5. The number of aryl methyl sites for hydroxylation is 1. The highest BCUT2D eigenvalue weighted by Crippen LogP contribution is 2.14. The van der Waals surface area contributed by atoms with Crippen LogP contribution in [0, 0.1) is 0 Å². The lowest BCUT2D eigenvalue weighted by Gasteiger charge is -2.35. The van der Waals surface area contributed by atoms with Crippen LogP contribution in [0.1, 0.15) is 18.0 Å².